The molecule has 116 valence electrons. The average Bonchev–Trinajstić information content (AvgIpc) is 2.51. The van der Waals surface area contributed by atoms with E-state index in [4.69, 9.17) is 5.84 Å². The Kier molecular flexibility index (Phi) is 5.66. The van der Waals surface area contributed by atoms with Crippen molar-refractivity contribution >= 4 is 17.3 Å². The Balaban J connectivity index is 3.06. The van der Waals surface area contributed by atoms with Crippen LogP contribution in [0, 0.1) is 10.1 Å². The van der Waals surface area contributed by atoms with Crippen LogP contribution in [0.4, 0.5) is 11.4 Å². The number of anilines is 1. The molecule has 0 aromatic heterocycles. The number of carbonyl (C=O) groups excluding carboxylic acids is 1. The highest BCUT2D eigenvalue weighted by Gasteiger charge is 2.27. The van der Waals surface area contributed by atoms with E-state index < -0.39 is 4.92 Å². The van der Waals surface area contributed by atoms with Crippen LogP contribution in [0.2, 0.25) is 0 Å². The van der Waals surface area contributed by atoms with Gasteiger partial charge in [-0.15, -0.1) is 0 Å². The molecular formula is C14H22N4O3. The van der Waals surface area contributed by atoms with Gasteiger partial charge in [0.15, 0.2) is 0 Å². The van der Waals surface area contributed by atoms with Gasteiger partial charge >= 0.3 is 0 Å². The fourth-order valence-electron chi connectivity index (χ4n) is 2.28. The van der Waals surface area contributed by atoms with E-state index in [0.29, 0.717) is 5.56 Å². The molecule has 1 amide bonds. The van der Waals surface area contributed by atoms with Gasteiger partial charge in [0, 0.05) is 17.2 Å². The summed E-state index contributed by atoms with van der Waals surface area (Å²) in [5.74, 6) is 5.02. The van der Waals surface area contributed by atoms with E-state index in [1.807, 2.05) is 20.8 Å². The monoisotopic (exact) mass is 294 g/mol. The second kappa shape index (κ2) is 7.03. The van der Waals surface area contributed by atoms with E-state index in [9.17, 15) is 14.9 Å². The molecule has 7 heteroatoms. The number of carbonyl (C=O) groups is 1. The Morgan fingerprint density at radius 2 is 1.86 bits per heavy atom. The van der Waals surface area contributed by atoms with Crippen LogP contribution in [0.15, 0.2) is 18.2 Å². The van der Waals surface area contributed by atoms with Crippen molar-refractivity contribution in [3.8, 4) is 0 Å². The first kappa shape index (κ1) is 16.9. The highest BCUT2D eigenvalue weighted by molar-refractivity contribution is 5.96. The van der Waals surface area contributed by atoms with Crippen molar-refractivity contribution in [1.82, 2.24) is 5.32 Å². The summed E-state index contributed by atoms with van der Waals surface area (Å²) < 4.78 is 0. The minimum Gasteiger partial charge on any atom is -0.347 e. The summed E-state index contributed by atoms with van der Waals surface area (Å²) in [7, 11) is 0. The Hall–Kier alpha value is -2.15. The lowest BCUT2D eigenvalue weighted by molar-refractivity contribution is -0.384. The van der Waals surface area contributed by atoms with E-state index in [0.717, 1.165) is 19.3 Å². The van der Waals surface area contributed by atoms with E-state index in [2.05, 4.69) is 10.7 Å². The van der Waals surface area contributed by atoms with E-state index in [1.54, 1.807) is 0 Å². The van der Waals surface area contributed by atoms with Crippen LogP contribution >= 0.6 is 0 Å². The third-order valence-electron chi connectivity index (χ3n) is 4.02. The van der Waals surface area contributed by atoms with E-state index in [-0.39, 0.29) is 22.8 Å². The van der Waals surface area contributed by atoms with Crippen LogP contribution < -0.4 is 16.6 Å². The molecule has 0 bridgehead atoms. The van der Waals surface area contributed by atoms with Crippen molar-refractivity contribution in [2.45, 2.75) is 45.6 Å². The fraction of sp³-hybridized carbons (Fsp3) is 0.500. The van der Waals surface area contributed by atoms with Gasteiger partial charge in [-0.05, 0) is 31.4 Å². The van der Waals surface area contributed by atoms with Crippen LogP contribution in [0.3, 0.4) is 0 Å². The molecule has 0 aliphatic carbocycles. The number of rotatable bonds is 7. The van der Waals surface area contributed by atoms with Crippen molar-refractivity contribution in [3.63, 3.8) is 0 Å². The summed E-state index contributed by atoms with van der Waals surface area (Å²) in [6.45, 7) is 6.07. The number of hydrazine groups is 1. The third kappa shape index (κ3) is 3.69. The molecule has 0 aliphatic heterocycles. The van der Waals surface area contributed by atoms with E-state index in [1.165, 1.54) is 18.2 Å². The van der Waals surface area contributed by atoms with Crippen molar-refractivity contribution in [1.29, 1.82) is 0 Å². The normalized spacial score (nSPS) is 11.0. The quantitative estimate of drug-likeness (QED) is 0.406. The molecule has 0 radical (unpaired) electrons. The topological polar surface area (TPSA) is 110 Å². The predicted octanol–water partition coefficient (Wildman–Crippen LogP) is 2.58. The number of nitro groups is 1. The average molecular weight is 294 g/mol. The van der Waals surface area contributed by atoms with Gasteiger partial charge < -0.3 is 10.7 Å². The van der Waals surface area contributed by atoms with Crippen molar-refractivity contribution in [2.75, 3.05) is 5.43 Å². The minimum absolute atomic E-state index is 0.114. The van der Waals surface area contributed by atoms with Gasteiger partial charge in [-0.3, -0.25) is 20.8 Å². The van der Waals surface area contributed by atoms with Gasteiger partial charge in [-0.1, -0.05) is 20.8 Å². The number of hydrogen-bond acceptors (Lipinski definition) is 5. The maximum Gasteiger partial charge on any atom is 0.293 e. The standard InChI is InChI=1S/C14H22N4O3/c1-4-14(5-2,6-3)16-13(19)10-7-8-12(18(20)21)11(9-10)17-15/h7-9,17H,4-6,15H2,1-3H3,(H,16,19). The molecule has 0 atom stereocenters. The second-order valence-corrected chi connectivity index (χ2v) is 4.93. The molecule has 0 fully saturated rings. The Morgan fingerprint density at radius 3 is 2.29 bits per heavy atom. The third-order valence-corrected chi connectivity index (χ3v) is 4.02. The fourth-order valence-corrected chi connectivity index (χ4v) is 2.28. The number of nitrogens with zero attached hydrogens (tertiary/aromatic N) is 1. The molecule has 0 spiro atoms. The largest absolute Gasteiger partial charge is 0.347 e. The van der Waals surface area contributed by atoms with Crippen LogP contribution in [-0.2, 0) is 0 Å². The minimum atomic E-state index is -0.550. The molecular weight excluding hydrogens is 272 g/mol. The molecule has 0 aliphatic rings. The highest BCUT2D eigenvalue weighted by atomic mass is 16.6. The molecule has 7 nitrogen and oxygen atoms in total. The lowest BCUT2D eigenvalue weighted by atomic mass is 9.89. The Bertz CT molecular complexity index is 519. The maximum atomic E-state index is 12.3. The molecule has 0 saturated carbocycles. The number of hydrogen-bond donors (Lipinski definition) is 3. The van der Waals surface area contributed by atoms with Gasteiger partial charge in [-0.25, -0.2) is 0 Å². The molecule has 1 aromatic carbocycles. The number of nitro benzene ring substituents is 1. The summed E-state index contributed by atoms with van der Waals surface area (Å²) >= 11 is 0. The summed E-state index contributed by atoms with van der Waals surface area (Å²) in [6, 6.07) is 4.09. The molecule has 0 unspecified atom stereocenters. The predicted molar refractivity (Wildman–Crippen MR) is 82.0 cm³/mol. The Labute approximate surface area is 124 Å². The van der Waals surface area contributed by atoms with Crippen LogP contribution in [0.1, 0.15) is 50.4 Å². The maximum absolute atomic E-state index is 12.3. The second-order valence-electron chi connectivity index (χ2n) is 4.93. The van der Waals surface area contributed by atoms with Gasteiger partial charge in [0.2, 0.25) is 0 Å². The number of benzene rings is 1. The zero-order chi connectivity index (χ0) is 16.0. The van der Waals surface area contributed by atoms with Crippen LogP contribution in [0.5, 0.6) is 0 Å². The Morgan fingerprint density at radius 1 is 1.29 bits per heavy atom. The van der Waals surface area contributed by atoms with E-state index >= 15 is 0 Å². The number of nitrogen functional groups attached to an aromatic ring is 1. The number of nitrogens with two attached hydrogens (primary N) is 1. The van der Waals surface area contributed by atoms with Crippen LogP contribution in [-0.4, -0.2) is 16.4 Å². The zero-order valence-electron chi connectivity index (χ0n) is 12.6. The van der Waals surface area contributed by atoms with Gasteiger partial charge in [0.25, 0.3) is 11.6 Å². The summed E-state index contributed by atoms with van der Waals surface area (Å²) in [5, 5.41) is 13.9. The first-order valence-electron chi connectivity index (χ1n) is 7.00. The lowest BCUT2D eigenvalue weighted by Gasteiger charge is -2.31. The molecule has 0 heterocycles. The number of amides is 1. The summed E-state index contributed by atoms with van der Waals surface area (Å²) in [5.41, 5.74) is 2.29. The lowest BCUT2D eigenvalue weighted by Crippen LogP contribution is -2.47. The van der Waals surface area contributed by atoms with Crippen molar-refractivity contribution in [3.05, 3.63) is 33.9 Å². The highest BCUT2D eigenvalue weighted by Crippen LogP contribution is 2.25. The SMILES string of the molecule is CCC(CC)(CC)NC(=O)c1ccc([N+](=O)[O-])c(NN)c1. The zero-order valence-corrected chi connectivity index (χ0v) is 12.6. The van der Waals surface area contributed by atoms with Crippen molar-refractivity contribution in [2.24, 2.45) is 5.84 Å². The van der Waals surface area contributed by atoms with Gasteiger partial charge in [0.1, 0.15) is 5.69 Å². The molecule has 1 aromatic rings. The number of nitrogens with one attached hydrogen (secondary N) is 2. The van der Waals surface area contributed by atoms with Crippen molar-refractivity contribution < 1.29 is 9.72 Å². The summed E-state index contributed by atoms with van der Waals surface area (Å²) in [6.07, 6.45) is 2.46. The molecule has 4 N–H and O–H groups in total. The molecule has 0 saturated heterocycles. The van der Waals surface area contributed by atoms with Gasteiger partial charge in [0.05, 0.1) is 4.92 Å². The first-order valence-corrected chi connectivity index (χ1v) is 7.00. The first-order chi connectivity index (χ1) is 9.92. The smallest absolute Gasteiger partial charge is 0.293 e. The van der Waals surface area contributed by atoms with Crippen LogP contribution in [0.25, 0.3) is 0 Å². The molecule has 21 heavy (non-hydrogen) atoms. The van der Waals surface area contributed by atoms with Gasteiger partial charge in [-0.2, -0.15) is 0 Å². The molecule has 1 rings (SSSR count). The summed E-state index contributed by atoms with van der Waals surface area (Å²) in [4.78, 5) is 22.6.